The molecular weight excluding hydrogens is 299 g/mol. The van der Waals surface area contributed by atoms with E-state index in [1.807, 2.05) is 0 Å². The van der Waals surface area contributed by atoms with Gasteiger partial charge in [-0.15, -0.1) is 0 Å². The molecule has 0 amide bonds. The molecule has 4 heteroatoms. The first-order chi connectivity index (χ1) is 10.7. The van der Waals surface area contributed by atoms with E-state index >= 15 is 0 Å². The molecule has 0 bridgehead atoms. The lowest BCUT2D eigenvalue weighted by molar-refractivity contribution is -1.02. The van der Waals surface area contributed by atoms with Crippen LogP contribution in [0.2, 0.25) is 5.02 Å². The lowest BCUT2D eigenvalue weighted by Crippen LogP contribution is -3.27. The fraction of sp³-hybridized carbons (Fsp3) is 0.333. The van der Waals surface area contributed by atoms with Gasteiger partial charge in [0.25, 0.3) is 0 Å². The van der Waals surface area contributed by atoms with Crippen molar-refractivity contribution in [2.75, 3.05) is 26.2 Å². The van der Waals surface area contributed by atoms with Crippen LogP contribution >= 0.6 is 11.6 Å². The van der Waals surface area contributed by atoms with Crippen LogP contribution in [0.15, 0.2) is 48.5 Å². The first kappa shape index (κ1) is 15.5. The Hall–Kier alpha value is -1.42. The lowest BCUT2D eigenvalue weighted by atomic mass is 10.1. The molecule has 1 aliphatic rings. The van der Waals surface area contributed by atoms with Gasteiger partial charge in [0.15, 0.2) is 0 Å². The van der Waals surface area contributed by atoms with E-state index in [-0.39, 0.29) is 5.82 Å². The average molecular weight is 321 g/mol. The van der Waals surface area contributed by atoms with E-state index in [0.29, 0.717) is 17.1 Å². The second-order valence-electron chi connectivity index (χ2n) is 6.04. The van der Waals surface area contributed by atoms with Gasteiger partial charge >= 0.3 is 0 Å². The minimum Gasteiger partial charge on any atom is -0.322 e. The highest BCUT2D eigenvalue weighted by molar-refractivity contribution is 6.31. The van der Waals surface area contributed by atoms with Crippen LogP contribution in [0.25, 0.3) is 0 Å². The number of piperazine rings is 1. The number of halogens is 2. The monoisotopic (exact) mass is 320 g/mol. The Labute approximate surface area is 136 Å². The van der Waals surface area contributed by atoms with E-state index < -0.39 is 0 Å². The number of hydrogen-bond donors (Lipinski definition) is 2. The molecule has 0 aliphatic carbocycles. The molecule has 3 rings (SSSR count). The van der Waals surface area contributed by atoms with Crippen LogP contribution in [-0.2, 0) is 13.1 Å². The summed E-state index contributed by atoms with van der Waals surface area (Å²) in [5, 5.41) is 0.548. The molecule has 1 aliphatic heterocycles. The summed E-state index contributed by atoms with van der Waals surface area (Å²) in [6.07, 6.45) is 0. The maximum Gasteiger partial charge on any atom is 0.133 e. The van der Waals surface area contributed by atoms with Gasteiger partial charge < -0.3 is 9.80 Å². The van der Waals surface area contributed by atoms with Crippen LogP contribution < -0.4 is 9.80 Å². The lowest BCUT2D eigenvalue weighted by Gasteiger charge is -2.30. The van der Waals surface area contributed by atoms with E-state index in [0.717, 1.165) is 32.7 Å². The van der Waals surface area contributed by atoms with Crippen molar-refractivity contribution in [2.24, 2.45) is 0 Å². The Bertz CT molecular complexity index is 589. The molecule has 1 fully saturated rings. The van der Waals surface area contributed by atoms with Gasteiger partial charge in [0, 0.05) is 5.56 Å². The molecule has 2 nitrogen and oxygen atoms in total. The first-order valence-corrected chi connectivity index (χ1v) is 8.24. The summed E-state index contributed by atoms with van der Waals surface area (Å²) in [6.45, 7) is 6.13. The Morgan fingerprint density at radius 1 is 0.818 bits per heavy atom. The van der Waals surface area contributed by atoms with Crippen LogP contribution in [0.3, 0.4) is 0 Å². The van der Waals surface area contributed by atoms with Crippen LogP contribution in [0.1, 0.15) is 11.1 Å². The van der Waals surface area contributed by atoms with Crippen molar-refractivity contribution < 1.29 is 14.2 Å². The van der Waals surface area contributed by atoms with E-state index in [2.05, 4.69) is 30.3 Å². The van der Waals surface area contributed by atoms with Gasteiger partial charge in [-0.3, -0.25) is 0 Å². The molecule has 0 spiro atoms. The smallest absolute Gasteiger partial charge is 0.133 e. The van der Waals surface area contributed by atoms with Crippen molar-refractivity contribution in [1.29, 1.82) is 0 Å². The minimum absolute atomic E-state index is 0.181. The largest absolute Gasteiger partial charge is 0.322 e. The van der Waals surface area contributed by atoms with Gasteiger partial charge in [0.1, 0.15) is 45.1 Å². The van der Waals surface area contributed by atoms with Gasteiger partial charge in [-0.25, -0.2) is 4.39 Å². The molecule has 116 valence electrons. The number of hydrogen-bond acceptors (Lipinski definition) is 0. The van der Waals surface area contributed by atoms with E-state index in [1.54, 1.807) is 17.0 Å². The van der Waals surface area contributed by atoms with Crippen molar-refractivity contribution >= 4 is 11.6 Å². The second-order valence-corrected chi connectivity index (χ2v) is 6.45. The normalized spacial score (nSPS) is 21.7. The van der Waals surface area contributed by atoms with Crippen LogP contribution in [-0.4, -0.2) is 26.2 Å². The fourth-order valence-electron chi connectivity index (χ4n) is 3.15. The van der Waals surface area contributed by atoms with Gasteiger partial charge in [0.05, 0.1) is 10.6 Å². The molecule has 0 unspecified atom stereocenters. The molecule has 1 saturated heterocycles. The molecule has 0 atom stereocenters. The van der Waals surface area contributed by atoms with Gasteiger partial charge in [-0.1, -0.05) is 48.0 Å². The highest BCUT2D eigenvalue weighted by Crippen LogP contribution is 2.17. The Balaban J connectivity index is 1.54. The number of quaternary nitrogens is 2. The standard InChI is InChI=1S/C18H20ClFN2/c19-17-7-4-8-18(20)16(17)14-22-11-9-21(10-12-22)13-15-5-2-1-3-6-15/h1-8H,9-14H2/p+2. The molecule has 2 N–H and O–H groups in total. The summed E-state index contributed by atoms with van der Waals surface area (Å²) in [5.41, 5.74) is 2.05. The molecule has 0 saturated carbocycles. The third-order valence-corrected chi connectivity index (χ3v) is 4.80. The molecule has 2 aromatic rings. The van der Waals surface area contributed by atoms with Crippen LogP contribution in [0, 0.1) is 5.82 Å². The molecule has 22 heavy (non-hydrogen) atoms. The van der Waals surface area contributed by atoms with Crippen molar-refractivity contribution in [3.63, 3.8) is 0 Å². The Morgan fingerprint density at radius 3 is 2.09 bits per heavy atom. The minimum atomic E-state index is -0.181. The summed E-state index contributed by atoms with van der Waals surface area (Å²) in [4.78, 5) is 3.03. The molecule has 0 radical (unpaired) electrons. The Kier molecular flexibility index (Phi) is 5.08. The third-order valence-electron chi connectivity index (χ3n) is 4.45. The van der Waals surface area contributed by atoms with Gasteiger partial charge in [-0.05, 0) is 12.1 Å². The molecule has 1 heterocycles. The summed E-state index contributed by atoms with van der Waals surface area (Å²) < 4.78 is 13.9. The van der Waals surface area contributed by atoms with Gasteiger partial charge in [-0.2, -0.15) is 0 Å². The number of nitrogens with one attached hydrogen (secondary N) is 2. The van der Waals surface area contributed by atoms with Crippen LogP contribution in [0.4, 0.5) is 4.39 Å². The highest BCUT2D eigenvalue weighted by atomic mass is 35.5. The zero-order valence-electron chi connectivity index (χ0n) is 12.6. The fourth-order valence-corrected chi connectivity index (χ4v) is 3.38. The van der Waals surface area contributed by atoms with E-state index in [9.17, 15) is 4.39 Å². The SMILES string of the molecule is Fc1cccc(Cl)c1C[NH+]1CC[NH+](Cc2ccccc2)CC1. The second kappa shape index (κ2) is 7.23. The summed E-state index contributed by atoms with van der Waals surface area (Å²) in [6, 6.07) is 15.6. The predicted octanol–water partition coefficient (Wildman–Crippen LogP) is 0.963. The van der Waals surface area contributed by atoms with E-state index in [1.165, 1.54) is 16.5 Å². The van der Waals surface area contributed by atoms with Crippen LogP contribution in [0.5, 0.6) is 0 Å². The molecular formula is C18H22ClFN2+2. The topological polar surface area (TPSA) is 8.88 Å². The molecule has 0 aromatic heterocycles. The van der Waals surface area contributed by atoms with Crippen molar-refractivity contribution in [2.45, 2.75) is 13.1 Å². The maximum atomic E-state index is 13.9. The van der Waals surface area contributed by atoms with E-state index in [4.69, 9.17) is 11.6 Å². The first-order valence-electron chi connectivity index (χ1n) is 7.86. The quantitative estimate of drug-likeness (QED) is 0.830. The third kappa shape index (κ3) is 3.86. The van der Waals surface area contributed by atoms with Crippen molar-refractivity contribution in [1.82, 2.24) is 0 Å². The predicted molar refractivity (Wildman–Crippen MR) is 86.7 cm³/mol. The maximum absolute atomic E-state index is 13.9. The zero-order chi connectivity index (χ0) is 15.4. The number of benzene rings is 2. The Morgan fingerprint density at radius 2 is 1.45 bits per heavy atom. The highest BCUT2D eigenvalue weighted by Gasteiger charge is 2.24. The molecule has 2 aromatic carbocycles. The summed E-state index contributed by atoms with van der Waals surface area (Å²) in [7, 11) is 0. The zero-order valence-corrected chi connectivity index (χ0v) is 13.4. The van der Waals surface area contributed by atoms with Crippen molar-refractivity contribution in [3.05, 3.63) is 70.5 Å². The number of rotatable bonds is 4. The summed E-state index contributed by atoms with van der Waals surface area (Å²) >= 11 is 6.13. The van der Waals surface area contributed by atoms with Crippen molar-refractivity contribution in [3.8, 4) is 0 Å². The average Bonchev–Trinajstić information content (AvgIpc) is 2.54. The summed E-state index contributed by atoms with van der Waals surface area (Å²) in [5.74, 6) is -0.181. The van der Waals surface area contributed by atoms with Gasteiger partial charge in [0.2, 0.25) is 0 Å².